The summed E-state index contributed by atoms with van der Waals surface area (Å²) in [6, 6.07) is 23.9. The van der Waals surface area contributed by atoms with Crippen LogP contribution in [0.3, 0.4) is 0 Å². The summed E-state index contributed by atoms with van der Waals surface area (Å²) in [5.74, 6) is 0.136. The first-order valence-electron chi connectivity index (χ1n) is 12.6. The third-order valence-corrected chi connectivity index (χ3v) is 7.55. The van der Waals surface area contributed by atoms with E-state index >= 15 is 0 Å². The Kier molecular flexibility index (Phi) is 7.82. The van der Waals surface area contributed by atoms with E-state index in [9.17, 15) is 9.59 Å². The molecule has 0 bridgehead atoms. The van der Waals surface area contributed by atoms with Gasteiger partial charge in [-0.15, -0.1) is 0 Å². The van der Waals surface area contributed by atoms with Crippen molar-refractivity contribution >= 4 is 35.0 Å². The molecule has 3 aromatic carbocycles. The lowest BCUT2D eigenvalue weighted by Crippen LogP contribution is -2.40. The molecule has 6 nitrogen and oxygen atoms in total. The summed E-state index contributed by atoms with van der Waals surface area (Å²) in [5.41, 5.74) is 2.95. The Hall–Kier alpha value is -3.94. The number of aromatic nitrogens is 1. The molecule has 0 saturated carbocycles. The molecule has 4 aromatic rings. The quantitative estimate of drug-likeness (QED) is 0.284. The van der Waals surface area contributed by atoms with E-state index in [0.29, 0.717) is 43.5 Å². The minimum Gasteiger partial charge on any atom is -0.488 e. The number of allylic oxidation sites excluding steroid dienone is 1. The predicted octanol–water partition coefficient (Wildman–Crippen LogP) is 5.42. The minimum atomic E-state index is -0.770. The van der Waals surface area contributed by atoms with Gasteiger partial charge in [0.25, 0.3) is 5.56 Å². The zero-order chi connectivity index (χ0) is 27.5. The van der Waals surface area contributed by atoms with Gasteiger partial charge in [0.2, 0.25) is 0 Å². The maximum Gasteiger partial charge on any atom is 0.338 e. The Morgan fingerprint density at radius 3 is 2.49 bits per heavy atom. The molecule has 1 aromatic heterocycles. The standard InChI is InChI=1S/C31H27ClN2O4S/c1-19(2)38-30(36)27-20(3)33-31-34(28(27)23-14-8-9-15-24(23)32)29(35)26(39-31)17-22-13-7-10-16-25(22)37-18-21-11-5-4-6-12-21/h4-17,19,28H,18H2,1-3H3. The molecule has 0 aliphatic carbocycles. The van der Waals surface area contributed by atoms with Crippen molar-refractivity contribution in [1.29, 1.82) is 0 Å². The second-order valence-electron chi connectivity index (χ2n) is 9.37. The number of thiazole rings is 1. The highest BCUT2D eigenvalue weighted by Gasteiger charge is 2.34. The van der Waals surface area contributed by atoms with Crippen molar-refractivity contribution in [2.24, 2.45) is 4.99 Å². The number of fused-ring (bicyclic) bond motifs is 1. The average molecular weight is 559 g/mol. The van der Waals surface area contributed by atoms with Crippen molar-refractivity contribution in [1.82, 2.24) is 4.57 Å². The summed E-state index contributed by atoms with van der Waals surface area (Å²) in [5, 5.41) is 0.446. The number of esters is 1. The fourth-order valence-corrected chi connectivity index (χ4v) is 5.74. The van der Waals surface area contributed by atoms with Crippen LogP contribution in [0, 0.1) is 0 Å². The monoisotopic (exact) mass is 558 g/mol. The molecule has 0 spiro atoms. The molecule has 1 unspecified atom stereocenters. The van der Waals surface area contributed by atoms with Gasteiger partial charge in [0.05, 0.1) is 21.9 Å². The van der Waals surface area contributed by atoms with Crippen LogP contribution in [0.4, 0.5) is 0 Å². The largest absolute Gasteiger partial charge is 0.488 e. The molecular formula is C31H27ClN2O4S. The topological polar surface area (TPSA) is 69.9 Å². The van der Waals surface area contributed by atoms with E-state index in [0.717, 1.165) is 11.1 Å². The second kappa shape index (κ2) is 11.4. The number of hydrogen-bond donors (Lipinski definition) is 0. The van der Waals surface area contributed by atoms with Crippen molar-refractivity contribution in [3.05, 3.63) is 132 Å². The number of para-hydroxylation sites is 1. The van der Waals surface area contributed by atoms with E-state index in [-0.39, 0.29) is 11.7 Å². The lowest BCUT2D eigenvalue weighted by Gasteiger charge is -2.26. The zero-order valence-electron chi connectivity index (χ0n) is 21.8. The number of nitrogens with zero attached hydrogens (tertiary/aromatic N) is 2. The van der Waals surface area contributed by atoms with Gasteiger partial charge in [-0.05, 0) is 50.1 Å². The van der Waals surface area contributed by atoms with Gasteiger partial charge >= 0.3 is 5.97 Å². The predicted molar refractivity (Wildman–Crippen MR) is 154 cm³/mol. The fraction of sp³-hybridized carbons (Fsp3) is 0.194. The molecule has 1 aliphatic heterocycles. The number of carbonyl (C=O) groups excluding carboxylic acids is 1. The molecule has 8 heteroatoms. The molecule has 0 radical (unpaired) electrons. The summed E-state index contributed by atoms with van der Waals surface area (Å²) in [6.45, 7) is 5.72. The fourth-order valence-electron chi connectivity index (χ4n) is 4.46. The van der Waals surface area contributed by atoms with E-state index in [1.165, 1.54) is 15.9 Å². The molecule has 0 N–H and O–H groups in total. The number of carbonyl (C=O) groups is 1. The third-order valence-electron chi connectivity index (χ3n) is 6.23. The Morgan fingerprint density at radius 1 is 1.05 bits per heavy atom. The molecule has 1 atom stereocenters. The lowest BCUT2D eigenvalue weighted by molar-refractivity contribution is -0.143. The van der Waals surface area contributed by atoms with Crippen molar-refractivity contribution < 1.29 is 14.3 Å². The van der Waals surface area contributed by atoms with E-state index in [1.807, 2.05) is 72.8 Å². The molecule has 198 valence electrons. The third kappa shape index (κ3) is 5.60. The average Bonchev–Trinajstić information content (AvgIpc) is 3.22. The molecule has 39 heavy (non-hydrogen) atoms. The van der Waals surface area contributed by atoms with Gasteiger partial charge in [0.15, 0.2) is 4.80 Å². The summed E-state index contributed by atoms with van der Waals surface area (Å²) in [7, 11) is 0. The molecular weight excluding hydrogens is 532 g/mol. The van der Waals surface area contributed by atoms with Crippen LogP contribution < -0.4 is 19.6 Å². The van der Waals surface area contributed by atoms with Gasteiger partial charge < -0.3 is 9.47 Å². The summed E-state index contributed by atoms with van der Waals surface area (Å²) < 4.78 is 13.7. The Morgan fingerprint density at radius 2 is 1.74 bits per heavy atom. The Labute approximate surface area is 235 Å². The van der Waals surface area contributed by atoms with Gasteiger partial charge in [0, 0.05) is 10.6 Å². The van der Waals surface area contributed by atoms with Gasteiger partial charge in [0.1, 0.15) is 18.4 Å². The van der Waals surface area contributed by atoms with E-state index in [2.05, 4.69) is 4.99 Å². The number of halogens is 1. The maximum atomic E-state index is 13.9. The van der Waals surface area contributed by atoms with Crippen LogP contribution >= 0.6 is 22.9 Å². The highest BCUT2D eigenvalue weighted by Crippen LogP contribution is 2.34. The first kappa shape index (κ1) is 26.7. The normalized spacial score (nSPS) is 15.2. The first-order valence-corrected chi connectivity index (χ1v) is 13.8. The summed E-state index contributed by atoms with van der Waals surface area (Å²) in [4.78, 5) is 32.3. The van der Waals surface area contributed by atoms with Crippen LogP contribution in [-0.2, 0) is 16.1 Å². The number of hydrogen-bond acceptors (Lipinski definition) is 6. The van der Waals surface area contributed by atoms with Crippen molar-refractivity contribution in [2.75, 3.05) is 0 Å². The van der Waals surface area contributed by atoms with Gasteiger partial charge in [-0.1, -0.05) is 89.7 Å². The first-order chi connectivity index (χ1) is 18.8. The molecule has 0 amide bonds. The zero-order valence-corrected chi connectivity index (χ0v) is 23.3. The van der Waals surface area contributed by atoms with Crippen molar-refractivity contribution in [3.63, 3.8) is 0 Å². The van der Waals surface area contributed by atoms with Crippen LogP contribution in [0.5, 0.6) is 5.75 Å². The highest BCUT2D eigenvalue weighted by molar-refractivity contribution is 7.07. The van der Waals surface area contributed by atoms with Crippen LogP contribution in [-0.4, -0.2) is 16.6 Å². The highest BCUT2D eigenvalue weighted by atomic mass is 35.5. The van der Waals surface area contributed by atoms with Gasteiger partial charge in [-0.2, -0.15) is 0 Å². The second-order valence-corrected chi connectivity index (χ2v) is 10.8. The number of benzene rings is 3. The van der Waals surface area contributed by atoms with Crippen LogP contribution in [0.2, 0.25) is 5.02 Å². The molecule has 2 heterocycles. The van der Waals surface area contributed by atoms with Gasteiger partial charge in [-0.25, -0.2) is 9.79 Å². The Bertz CT molecular complexity index is 1740. The van der Waals surface area contributed by atoms with E-state index in [4.69, 9.17) is 21.1 Å². The maximum absolute atomic E-state index is 13.9. The van der Waals surface area contributed by atoms with Crippen LogP contribution in [0.15, 0.2) is 99.9 Å². The Balaban J connectivity index is 1.62. The number of ether oxygens (including phenoxy) is 2. The SMILES string of the molecule is CC1=C(C(=O)OC(C)C)C(c2ccccc2Cl)n2c(sc(=Cc3ccccc3OCc3ccccc3)c2=O)=N1. The summed E-state index contributed by atoms with van der Waals surface area (Å²) >= 11 is 7.86. The smallest absolute Gasteiger partial charge is 0.338 e. The number of rotatable bonds is 7. The van der Waals surface area contributed by atoms with Crippen LogP contribution in [0.1, 0.15) is 43.5 Å². The van der Waals surface area contributed by atoms with Gasteiger partial charge in [-0.3, -0.25) is 9.36 Å². The van der Waals surface area contributed by atoms with Crippen molar-refractivity contribution in [3.8, 4) is 5.75 Å². The molecule has 0 saturated heterocycles. The van der Waals surface area contributed by atoms with Crippen LogP contribution in [0.25, 0.3) is 6.08 Å². The summed E-state index contributed by atoms with van der Waals surface area (Å²) in [6.07, 6.45) is 1.47. The molecule has 5 rings (SSSR count). The minimum absolute atomic E-state index is 0.274. The molecule has 1 aliphatic rings. The molecule has 0 fully saturated rings. The van der Waals surface area contributed by atoms with E-state index < -0.39 is 12.0 Å². The lowest BCUT2D eigenvalue weighted by atomic mass is 9.96. The van der Waals surface area contributed by atoms with Crippen molar-refractivity contribution in [2.45, 2.75) is 39.5 Å². The van der Waals surface area contributed by atoms with E-state index in [1.54, 1.807) is 32.9 Å².